The Bertz CT molecular complexity index is 1520. The highest BCUT2D eigenvalue weighted by molar-refractivity contribution is 14.1. The lowest BCUT2D eigenvalue weighted by molar-refractivity contribution is -0.143. The van der Waals surface area contributed by atoms with Gasteiger partial charge in [-0.1, -0.05) is 12.8 Å². The van der Waals surface area contributed by atoms with E-state index in [0.29, 0.717) is 48.8 Å². The van der Waals surface area contributed by atoms with Gasteiger partial charge in [0.15, 0.2) is 5.52 Å². The van der Waals surface area contributed by atoms with E-state index in [1.807, 2.05) is 32.2 Å². The summed E-state index contributed by atoms with van der Waals surface area (Å²) in [6.45, 7) is 7.79. The quantitative estimate of drug-likeness (QED) is 0.279. The summed E-state index contributed by atoms with van der Waals surface area (Å²) in [5, 5.41) is 13.9. The molecular weight excluding hydrogens is 621 g/mol. The summed E-state index contributed by atoms with van der Waals surface area (Å²) in [7, 11) is 1.83. The molecule has 9 nitrogen and oxygen atoms in total. The van der Waals surface area contributed by atoms with Crippen LogP contribution in [0.2, 0.25) is 0 Å². The van der Waals surface area contributed by atoms with Gasteiger partial charge < -0.3 is 14.7 Å². The molecule has 40 heavy (non-hydrogen) atoms. The lowest BCUT2D eigenvalue weighted by Crippen LogP contribution is -2.29. The maximum Gasteiger partial charge on any atom is 0.308 e. The van der Waals surface area contributed by atoms with E-state index in [1.54, 1.807) is 16.5 Å². The number of benzene rings is 1. The molecule has 1 amide bonds. The number of hydrogen-bond donors (Lipinski definition) is 1. The Morgan fingerprint density at radius 2 is 1.93 bits per heavy atom. The van der Waals surface area contributed by atoms with Gasteiger partial charge >= 0.3 is 11.9 Å². The molecule has 0 spiro atoms. The summed E-state index contributed by atoms with van der Waals surface area (Å²) in [6.07, 6.45) is 3.40. The van der Waals surface area contributed by atoms with Crippen molar-refractivity contribution in [3.05, 3.63) is 33.4 Å². The number of aromatic nitrogens is 3. The average Bonchev–Trinajstić information content (AvgIpc) is 3.49. The zero-order valence-electron chi connectivity index (χ0n) is 23.3. The van der Waals surface area contributed by atoms with Gasteiger partial charge in [-0.25, -0.2) is 4.98 Å². The highest BCUT2D eigenvalue weighted by Crippen LogP contribution is 2.40. The minimum Gasteiger partial charge on any atom is -0.481 e. The number of amides is 1. The first-order chi connectivity index (χ1) is 19.2. The number of fused-ring (bicyclic) bond motifs is 1. The standard InChI is InChI=1S/C30H34IN5O4/c1-5-6-27(37)36(25-15-19(3)22(31)16-24(25)35-14-13-18(2)17-35)26-12-11-23-28(32-26)29(33-34(23)4)40-21-9-7-20(8-10-21)30(38)39/h11-12,15-16,18,20-21H,7-10,13-14,17H2,1-4H3,(H,38,39)/t18-,20-,21+/m0/s1. The summed E-state index contributed by atoms with van der Waals surface area (Å²) in [5.74, 6) is 5.46. The van der Waals surface area contributed by atoms with E-state index in [2.05, 4.69) is 57.4 Å². The van der Waals surface area contributed by atoms with Crippen LogP contribution in [0.25, 0.3) is 11.0 Å². The second-order valence-electron chi connectivity index (χ2n) is 10.8. The van der Waals surface area contributed by atoms with Gasteiger partial charge in [0.25, 0.3) is 5.88 Å². The van der Waals surface area contributed by atoms with E-state index >= 15 is 0 Å². The summed E-state index contributed by atoms with van der Waals surface area (Å²) < 4.78 is 9.14. The van der Waals surface area contributed by atoms with Crippen molar-refractivity contribution in [3.8, 4) is 17.7 Å². The number of rotatable bonds is 6. The molecule has 1 atom stereocenters. The second kappa shape index (κ2) is 11.6. The minimum atomic E-state index is -0.749. The number of ether oxygens (including phenoxy) is 1. The van der Waals surface area contributed by atoms with Crippen molar-refractivity contribution in [2.75, 3.05) is 22.9 Å². The molecular formula is C30H34IN5O4. The Morgan fingerprint density at radius 3 is 2.58 bits per heavy atom. The van der Waals surface area contributed by atoms with Gasteiger partial charge in [-0.15, -0.1) is 5.10 Å². The molecule has 3 heterocycles. The van der Waals surface area contributed by atoms with Gasteiger partial charge in [0.1, 0.15) is 11.9 Å². The molecule has 1 N–H and O–H groups in total. The average molecular weight is 656 g/mol. The van der Waals surface area contributed by atoms with Crippen molar-refractivity contribution in [3.63, 3.8) is 0 Å². The summed E-state index contributed by atoms with van der Waals surface area (Å²) in [4.78, 5) is 33.8. The van der Waals surface area contributed by atoms with Gasteiger partial charge in [0.2, 0.25) is 0 Å². The van der Waals surface area contributed by atoms with Gasteiger partial charge in [-0.2, -0.15) is 0 Å². The molecule has 0 radical (unpaired) electrons. The van der Waals surface area contributed by atoms with Gasteiger partial charge in [-0.3, -0.25) is 19.2 Å². The van der Waals surface area contributed by atoms with Crippen LogP contribution in [0.1, 0.15) is 51.5 Å². The van der Waals surface area contributed by atoms with Crippen LogP contribution in [0, 0.1) is 34.2 Å². The summed E-state index contributed by atoms with van der Waals surface area (Å²) in [5.41, 5.74) is 4.15. The fraction of sp³-hybridized carbons (Fsp3) is 0.467. The second-order valence-corrected chi connectivity index (χ2v) is 12.0. The largest absolute Gasteiger partial charge is 0.481 e. The van der Waals surface area contributed by atoms with E-state index in [0.717, 1.165) is 45.5 Å². The number of aliphatic carboxylic acids is 1. The van der Waals surface area contributed by atoms with Crippen molar-refractivity contribution in [1.82, 2.24) is 14.8 Å². The molecule has 0 bridgehead atoms. The molecule has 3 aromatic rings. The Morgan fingerprint density at radius 1 is 1.18 bits per heavy atom. The van der Waals surface area contributed by atoms with Crippen molar-refractivity contribution in [1.29, 1.82) is 0 Å². The molecule has 1 aliphatic carbocycles. The molecule has 1 saturated heterocycles. The molecule has 210 valence electrons. The van der Waals surface area contributed by atoms with Crippen LogP contribution in [0.5, 0.6) is 5.88 Å². The van der Waals surface area contributed by atoms with E-state index in [4.69, 9.17) is 9.72 Å². The zero-order valence-corrected chi connectivity index (χ0v) is 25.4. The normalized spacial score (nSPS) is 20.7. The Kier molecular flexibility index (Phi) is 8.21. The minimum absolute atomic E-state index is 0.134. The first kappa shape index (κ1) is 28.2. The van der Waals surface area contributed by atoms with Crippen LogP contribution >= 0.6 is 22.6 Å². The highest BCUT2D eigenvalue weighted by Gasteiger charge is 2.30. The van der Waals surface area contributed by atoms with Crippen molar-refractivity contribution in [2.24, 2.45) is 18.9 Å². The number of aryl methyl sites for hydroxylation is 2. The maximum absolute atomic E-state index is 13.6. The smallest absolute Gasteiger partial charge is 0.308 e. The number of pyridine rings is 1. The van der Waals surface area contributed by atoms with E-state index in [9.17, 15) is 14.7 Å². The molecule has 1 saturated carbocycles. The third-order valence-corrected chi connectivity index (χ3v) is 9.04. The fourth-order valence-corrected chi connectivity index (χ4v) is 6.08. The third-order valence-electron chi connectivity index (χ3n) is 7.88. The molecule has 2 aromatic heterocycles. The highest BCUT2D eigenvalue weighted by atomic mass is 127. The topological polar surface area (TPSA) is 101 Å². The molecule has 2 fully saturated rings. The van der Waals surface area contributed by atoms with E-state index in [1.165, 1.54) is 0 Å². The van der Waals surface area contributed by atoms with E-state index in [-0.39, 0.29) is 17.9 Å². The van der Waals surface area contributed by atoms with Gasteiger partial charge in [0, 0.05) is 23.7 Å². The van der Waals surface area contributed by atoms with Crippen molar-refractivity contribution in [2.45, 2.75) is 59.0 Å². The van der Waals surface area contributed by atoms with Crippen molar-refractivity contribution >= 4 is 62.7 Å². The number of carbonyl (C=O) groups excluding carboxylic acids is 1. The zero-order chi connectivity index (χ0) is 28.6. The van der Waals surface area contributed by atoms with Crippen LogP contribution < -0.4 is 14.5 Å². The number of carbonyl (C=O) groups is 2. The van der Waals surface area contributed by atoms with Gasteiger partial charge in [-0.05, 0) is 110 Å². The van der Waals surface area contributed by atoms with E-state index < -0.39 is 5.97 Å². The Balaban J connectivity index is 1.56. The van der Waals surface area contributed by atoms with Crippen molar-refractivity contribution < 1.29 is 19.4 Å². The number of carboxylic acid groups (broad SMARTS) is 1. The lowest BCUT2D eigenvalue weighted by Gasteiger charge is -2.28. The number of halogens is 1. The maximum atomic E-state index is 13.6. The van der Waals surface area contributed by atoms with Crippen LogP contribution in [-0.4, -0.2) is 50.9 Å². The number of hydrogen-bond acceptors (Lipinski definition) is 6. The van der Waals surface area contributed by atoms with Crippen LogP contribution in [0.4, 0.5) is 17.2 Å². The predicted octanol–water partition coefficient (Wildman–Crippen LogP) is 5.44. The molecule has 1 aromatic carbocycles. The molecule has 0 unspecified atom stereocenters. The number of nitrogens with zero attached hydrogens (tertiary/aromatic N) is 5. The van der Waals surface area contributed by atoms with Gasteiger partial charge in [0.05, 0.1) is 22.8 Å². The summed E-state index contributed by atoms with van der Waals surface area (Å²) >= 11 is 2.35. The SMILES string of the molecule is CC#CC(=O)N(c1ccc2c(n1)c(O[C@H]1CC[C@@H](C(=O)O)CC1)nn2C)c1cc(C)c(I)cc1N1CC[C@H](C)C1. The Hall–Kier alpha value is -3.33. The predicted molar refractivity (Wildman–Crippen MR) is 163 cm³/mol. The molecule has 1 aliphatic heterocycles. The van der Waals surface area contributed by atoms with Crippen LogP contribution in [-0.2, 0) is 16.6 Å². The molecule has 10 heteroatoms. The van der Waals surface area contributed by atoms with Crippen LogP contribution in [0.3, 0.4) is 0 Å². The fourth-order valence-electron chi connectivity index (χ4n) is 5.63. The summed E-state index contributed by atoms with van der Waals surface area (Å²) in [6, 6.07) is 7.91. The molecule has 2 aliphatic rings. The first-order valence-electron chi connectivity index (χ1n) is 13.7. The lowest BCUT2D eigenvalue weighted by atomic mass is 9.87. The van der Waals surface area contributed by atoms with Crippen LogP contribution in [0.15, 0.2) is 24.3 Å². The first-order valence-corrected chi connectivity index (χ1v) is 14.8. The number of carboxylic acids is 1. The monoisotopic (exact) mass is 655 g/mol. The Labute approximate surface area is 248 Å². The number of anilines is 3. The third kappa shape index (κ3) is 5.61. The molecule has 5 rings (SSSR count).